The molecule has 0 radical (unpaired) electrons. The summed E-state index contributed by atoms with van der Waals surface area (Å²) in [6.45, 7) is 4.74. The Morgan fingerprint density at radius 2 is 2.25 bits per heavy atom. The molecule has 0 bridgehead atoms. The van der Waals surface area contributed by atoms with Crippen LogP contribution in [0.2, 0.25) is 0 Å². The highest BCUT2D eigenvalue weighted by Gasteiger charge is 2.14. The van der Waals surface area contributed by atoms with Gasteiger partial charge >= 0.3 is 0 Å². The van der Waals surface area contributed by atoms with Gasteiger partial charge in [0.25, 0.3) is 0 Å². The summed E-state index contributed by atoms with van der Waals surface area (Å²) < 4.78 is 0.872. The van der Waals surface area contributed by atoms with E-state index < -0.39 is 0 Å². The summed E-state index contributed by atoms with van der Waals surface area (Å²) in [6, 6.07) is 0. The van der Waals surface area contributed by atoms with E-state index in [1.165, 1.54) is 19.5 Å². The van der Waals surface area contributed by atoms with Gasteiger partial charge in [-0.1, -0.05) is 29.5 Å². The normalized spacial score (nSPS) is 39.8. The Labute approximate surface area is 64.4 Å². The summed E-state index contributed by atoms with van der Waals surface area (Å²) >= 11 is 2.51. The van der Waals surface area contributed by atoms with Crippen molar-refractivity contribution in [3.8, 4) is 0 Å². The van der Waals surface area contributed by atoms with Crippen molar-refractivity contribution in [1.29, 1.82) is 0 Å². The van der Waals surface area contributed by atoms with Crippen LogP contribution in [0.25, 0.3) is 0 Å². The Kier molecular flexibility index (Phi) is 2.56. The van der Waals surface area contributed by atoms with Gasteiger partial charge in [-0.15, -0.1) is 0 Å². The quantitative estimate of drug-likeness (QED) is 0.485. The second kappa shape index (κ2) is 3.01. The van der Waals surface area contributed by atoms with Gasteiger partial charge in [0.2, 0.25) is 0 Å². The number of halogens is 1. The van der Waals surface area contributed by atoms with Crippen molar-refractivity contribution in [2.24, 2.45) is 5.92 Å². The first kappa shape index (κ1) is 6.81. The van der Waals surface area contributed by atoms with Crippen LogP contribution in [0.1, 0.15) is 13.3 Å². The lowest BCUT2D eigenvalue weighted by molar-refractivity contribution is 0.421. The maximum Gasteiger partial charge on any atom is 0.0237 e. The summed E-state index contributed by atoms with van der Waals surface area (Å²) in [5.74, 6) is 0.894. The Morgan fingerprint density at radius 1 is 1.50 bits per heavy atom. The Morgan fingerprint density at radius 3 is 2.62 bits per heavy atom. The van der Waals surface area contributed by atoms with Gasteiger partial charge in [-0.05, 0) is 18.9 Å². The third-order valence-corrected chi connectivity index (χ3v) is 2.47. The van der Waals surface area contributed by atoms with Gasteiger partial charge in [-0.2, -0.15) is 0 Å². The molecule has 1 N–H and O–H groups in total. The van der Waals surface area contributed by atoms with E-state index >= 15 is 0 Å². The predicted molar refractivity (Wildman–Crippen MR) is 44.5 cm³/mol. The highest BCUT2D eigenvalue weighted by Crippen LogP contribution is 2.15. The fourth-order valence-electron chi connectivity index (χ4n) is 1.09. The summed E-state index contributed by atoms with van der Waals surface area (Å²) in [6.07, 6.45) is 1.40. The van der Waals surface area contributed by atoms with Crippen molar-refractivity contribution >= 4 is 22.6 Å². The van der Waals surface area contributed by atoms with Gasteiger partial charge in [0.05, 0.1) is 0 Å². The molecule has 0 spiro atoms. The largest absolute Gasteiger partial charge is 0.315 e. The molecule has 0 aliphatic carbocycles. The van der Waals surface area contributed by atoms with E-state index in [0.717, 1.165) is 9.84 Å². The molecule has 0 aromatic heterocycles. The van der Waals surface area contributed by atoms with Crippen molar-refractivity contribution < 1.29 is 0 Å². The van der Waals surface area contributed by atoms with Gasteiger partial charge in [0.15, 0.2) is 0 Å². The summed E-state index contributed by atoms with van der Waals surface area (Å²) in [4.78, 5) is 0. The minimum absolute atomic E-state index is 0.872. The molecule has 2 atom stereocenters. The average molecular weight is 225 g/mol. The first-order valence-corrected chi connectivity index (χ1v) is 4.38. The average Bonchev–Trinajstić information content (AvgIpc) is 1.64. The lowest BCUT2D eigenvalue weighted by Gasteiger charge is -2.23. The minimum atomic E-state index is 0.872. The van der Waals surface area contributed by atoms with Crippen molar-refractivity contribution in [3.05, 3.63) is 0 Å². The molecule has 1 aliphatic rings. The number of hydrogen-bond acceptors (Lipinski definition) is 1. The Hall–Kier alpha value is 0.690. The molecular weight excluding hydrogens is 213 g/mol. The van der Waals surface area contributed by atoms with Crippen LogP contribution in [0.15, 0.2) is 0 Å². The fraction of sp³-hybridized carbons (Fsp3) is 1.00. The van der Waals surface area contributed by atoms with Gasteiger partial charge < -0.3 is 5.32 Å². The van der Waals surface area contributed by atoms with Crippen molar-refractivity contribution in [3.63, 3.8) is 0 Å². The van der Waals surface area contributed by atoms with Gasteiger partial charge in [-0.3, -0.25) is 0 Å². The molecule has 48 valence electrons. The molecule has 0 aromatic carbocycles. The molecule has 1 saturated heterocycles. The summed E-state index contributed by atoms with van der Waals surface area (Å²) in [5, 5.41) is 3.38. The smallest absolute Gasteiger partial charge is 0.0237 e. The van der Waals surface area contributed by atoms with Gasteiger partial charge in [0, 0.05) is 10.5 Å². The Bertz CT molecular complexity index is 66.9. The fourth-order valence-corrected chi connectivity index (χ4v) is 2.27. The van der Waals surface area contributed by atoms with Gasteiger partial charge in [-0.25, -0.2) is 0 Å². The predicted octanol–water partition coefficient (Wildman–Crippen LogP) is 1.42. The van der Waals surface area contributed by atoms with Crippen LogP contribution in [-0.2, 0) is 0 Å². The topological polar surface area (TPSA) is 12.0 Å². The molecule has 1 aliphatic heterocycles. The molecular formula is C6H12IN. The van der Waals surface area contributed by atoms with E-state index in [1.807, 2.05) is 0 Å². The molecule has 8 heavy (non-hydrogen) atoms. The minimum Gasteiger partial charge on any atom is -0.315 e. The van der Waals surface area contributed by atoms with Crippen LogP contribution in [0.5, 0.6) is 0 Å². The lowest BCUT2D eigenvalue weighted by Crippen LogP contribution is -2.35. The molecule has 1 fully saturated rings. The SMILES string of the molecule is C[C@H]1CNC[C@@H](I)C1. The first-order valence-electron chi connectivity index (χ1n) is 3.14. The molecule has 0 amide bonds. The van der Waals surface area contributed by atoms with Crippen LogP contribution in [-0.4, -0.2) is 17.0 Å². The van der Waals surface area contributed by atoms with E-state index in [2.05, 4.69) is 34.8 Å². The van der Waals surface area contributed by atoms with Crippen LogP contribution in [0, 0.1) is 5.92 Å². The van der Waals surface area contributed by atoms with Crippen LogP contribution < -0.4 is 5.32 Å². The lowest BCUT2D eigenvalue weighted by atomic mass is 10.0. The maximum absolute atomic E-state index is 3.38. The highest BCUT2D eigenvalue weighted by atomic mass is 127. The van der Waals surface area contributed by atoms with Crippen LogP contribution in [0.3, 0.4) is 0 Å². The second-order valence-corrected chi connectivity index (χ2v) is 4.36. The van der Waals surface area contributed by atoms with E-state index in [-0.39, 0.29) is 0 Å². The zero-order valence-corrected chi connectivity index (χ0v) is 7.31. The highest BCUT2D eigenvalue weighted by molar-refractivity contribution is 14.1. The third-order valence-electron chi connectivity index (χ3n) is 1.52. The molecule has 2 heteroatoms. The number of rotatable bonds is 0. The maximum atomic E-state index is 3.38. The molecule has 1 nitrogen and oxygen atoms in total. The van der Waals surface area contributed by atoms with Crippen molar-refractivity contribution in [2.75, 3.05) is 13.1 Å². The molecule has 0 unspecified atom stereocenters. The standard InChI is InChI=1S/C6H12IN/c1-5-2-6(7)4-8-3-5/h5-6,8H,2-4H2,1H3/t5-,6+/m1/s1. The van der Waals surface area contributed by atoms with Gasteiger partial charge in [0.1, 0.15) is 0 Å². The molecule has 0 aromatic rings. The van der Waals surface area contributed by atoms with Crippen molar-refractivity contribution in [2.45, 2.75) is 17.3 Å². The van der Waals surface area contributed by atoms with E-state index in [1.54, 1.807) is 0 Å². The first-order chi connectivity index (χ1) is 3.79. The monoisotopic (exact) mass is 225 g/mol. The summed E-state index contributed by atoms with van der Waals surface area (Å²) in [7, 11) is 0. The van der Waals surface area contributed by atoms with Crippen LogP contribution in [0.4, 0.5) is 0 Å². The molecule has 0 saturated carbocycles. The van der Waals surface area contributed by atoms with E-state index in [9.17, 15) is 0 Å². The number of piperidine rings is 1. The zero-order chi connectivity index (χ0) is 5.98. The van der Waals surface area contributed by atoms with Crippen molar-refractivity contribution in [1.82, 2.24) is 5.32 Å². The van der Waals surface area contributed by atoms with E-state index in [4.69, 9.17) is 0 Å². The van der Waals surface area contributed by atoms with E-state index in [0.29, 0.717) is 0 Å². The van der Waals surface area contributed by atoms with Crippen LogP contribution >= 0.6 is 22.6 Å². The Balaban J connectivity index is 2.23. The number of alkyl halides is 1. The zero-order valence-electron chi connectivity index (χ0n) is 5.15. The molecule has 1 rings (SSSR count). The second-order valence-electron chi connectivity index (χ2n) is 2.60. The number of hydrogen-bond donors (Lipinski definition) is 1. The third kappa shape index (κ3) is 1.90. The number of nitrogens with one attached hydrogen (secondary N) is 1. The molecule has 1 heterocycles. The summed E-state index contributed by atoms with van der Waals surface area (Å²) in [5.41, 5.74) is 0.